The van der Waals surface area contributed by atoms with Gasteiger partial charge in [-0.15, -0.1) is 10.2 Å². The van der Waals surface area contributed by atoms with Crippen LogP contribution in [-0.2, 0) is 4.79 Å². The van der Waals surface area contributed by atoms with Gasteiger partial charge in [0.25, 0.3) is 11.8 Å². The highest BCUT2D eigenvalue weighted by Crippen LogP contribution is 2.23. The van der Waals surface area contributed by atoms with Gasteiger partial charge in [0.1, 0.15) is 11.6 Å². The second-order valence-corrected chi connectivity index (χ2v) is 8.42. The van der Waals surface area contributed by atoms with Crippen LogP contribution in [0.2, 0.25) is 0 Å². The molecule has 1 saturated heterocycles. The fraction of sp³-hybridized carbons (Fsp3) is 0.227. The predicted molar refractivity (Wildman–Crippen MR) is 118 cm³/mol. The summed E-state index contributed by atoms with van der Waals surface area (Å²) in [4.78, 5) is 39.1. The Hall–Kier alpha value is -3.73. The summed E-state index contributed by atoms with van der Waals surface area (Å²) >= 11 is 0.861. The summed E-state index contributed by atoms with van der Waals surface area (Å²) in [5, 5.41) is 13.0. The topological polar surface area (TPSA) is 104 Å². The van der Waals surface area contributed by atoms with E-state index in [1.807, 2.05) is 0 Å². The van der Waals surface area contributed by atoms with Crippen molar-refractivity contribution in [2.24, 2.45) is 5.92 Å². The number of amides is 3. The number of aromatic nitrogens is 2. The number of likely N-dealkylation sites (tertiary alicyclic amines) is 1. The van der Waals surface area contributed by atoms with Gasteiger partial charge in [0.05, 0.1) is 0 Å². The van der Waals surface area contributed by atoms with Crippen molar-refractivity contribution in [3.63, 3.8) is 0 Å². The number of benzene rings is 2. The van der Waals surface area contributed by atoms with Crippen molar-refractivity contribution < 1.29 is 23.2 Å². The average Bonchev–Trinajstić information content (AvgIpc) is 3.31. The zero-order valence-corrected chi connectivity index (χ0v) is 18.1. The molecule has 3 amide bonds. The highest BCUT2D eigenvalue weighted by Gasteiger charge is 2.30. The van der Waals surface area contributed by atoms with E-state index in [-0.39, 0.29) is 27.7 Å². The Morgan fingerprint density at radius 1 is 0.879 bits per heavy atom. The van der Waals surface area contributed by atoms with E-state index in [9.17, 15) is 23.2 Å². The van der Waals surface area contributed by atoms with Crippen LogP contribution in [0.15, 0.2) is 48.5 Å². The molecule has 4 rings (SSSR count). The van der Waals surface area contributed by atoms with Crippen molar-refractivity contribution >= 4 is 40.4 Å². The maximum absolute atomic E-state index is 13.3. The summed E-state index contributed by atoms with van der Waals surface area (Å²) in [5.41, 5.74) is 0.780. The lowest BCUT2D eigenvalue weighted by Crippen LogP contribution is -2.41. The molecule has 0 aliphatic carbocycles. The molecular weight excluding hydrogens is 452 g/mol. The van der Waals surface area contributed by atoms with Gasteiger partial charge >= 0.3 is 0 Å². The van der Waals surface area contributed by atoms with Gasteiger partial charge in [0, 0.05) is 30.4 Å². The molecule has 2 aromatic carbocycles. The molecule has 1 aliphatic heterocycles. The normalized spacial score (nSPS) is 14.1. The lowest BCUT2D eigenvalue weighted by Gasteiger charge is -2.30. The predicted octanol–water partition coefficient (Wildman–Crippen LogP) is 3.56. The summed E-state index contributed by atoms with van der Waals surface area (Å²) < 4.78 is 26.3. The average molecular weight is 471 g/mol. The number of carbonyl (C=O) groups excluding carboxylic acids is 3. The van der Waals surface area contributed by atoms with Gasteiger partial charge in [-0.25, -0.2) is 8.78 Å². The van der Waals surface area contributed by atoms with E-state index in [2.05, 4.69) is 20.8 Å². The maximum atomic E-state index is 13.3. The molecule has 2 heterocycles. The second kappa shape index (κ2) is 9.82. The van der Waals surface area contributed by atoms with Gasteiger partial charge in [0.15, 0.2) is 0 Å². The number of halogens is 2. The summed E-state index contributed by atoms with van der Waals surface area (Å²) in [6, 6.07) is 10.9. The van der Waals surface area contributed by atoms with Gasteiger partial charge in [-0.1, -0.05) is 17.4 Å². The van der Waals surface area contributed by atoms with Gasteiger partial charge < -0.3 is 15.5 Å². The third-order valence-corrected chi connectivity index (χ3v) is 6.06. The molecule has 33 heavy (non-hydrogen) atoms. The minimum absolute atomic E-state index is 0.00651. The van der Waals surface area contributed by atoms with E-state index < -0.39 is 17.5 Å². The van der Waals surface area contributed by atoms with E-state index in [1.54, 1.807) is 11.0 Å². The number of nitrogens with zero attached hydrogens (tertiary/aromatic N) is 3. The van der Waals surface area contributed by atoms with Gasteiger partial charge in [0.2, 0.25) is 15.9 Å². The fourth-order valence-corrected chi connectivity index (χ4v) is 4.12. The Kier molecular flexibility index (Phi) is 6.68. The number of hydrogen-bond acceptors (Lipinski definition) is 6. The molecule has 170 valence electrons. The zero-order chi connectivity index (χ0) is 23.4. The first-order chi connectivity index (χ1) is 15.9. The number of rotatable bonds is 5. The lowest BCUT2D eigenvalue weighted by atomic mass is 9.95. The van der Waals surface area contributed by atoms with Crippen molar-refractivity contribution in [1.82, 2.24) is 15.1 Å². The SMILES string of the molecule is O=C(Nc1ccc(F)cc1)c1nnc(C(=O)N2CCC(C(=O)Nc3cccc(F)c3)CC2)s1. The molecule has 0 bridgehead atoms. The second-order valence-electron chi connectivity index (χ2n) is 7.44. The lowest BCUT2D eigenvalue weighted by molar-refractivity contribution is -0.121. The summed E-state index contributed by atoms with van der Waals surface area (Å²) in [6.07, 6.45) is 0.896. The van der Waals surface area contributed by atoms with Crippen molar-refractivity contribution in [2.75, 3.05) is 23.7 Å². The van der Waals surface area contributed by atoms with E-state index in [4.69, 9.17) is 0 Å². The molecule has 1 fully saturated rings. The number of nitrogens with one attached hydrogen (secondary N) is 2. The first-order valence-corrected chi connectivity index (χ1v) is 11.0. The molecule has 11 heteroatoms. The van der Waals surface area contributed by atoms with Crippen LogP contribution in [0.5, 0.6) is 0 Å². The van der Waals surface area contributed by atoms with Gasteiger partial charge in [-0.3, -0.25) is 14.4 Å². The van der Waals surface area contributed by atoms with E-state index in [0.717, 1.165) is 11.3 Å². The van der Waals surface area contributed by atoms with Crippen molar-refractivity contribution in [3.8, 4) is 0 Å². The minimum Gasteiger partial charge on any atom is -0.336 e. The van der Waals surface area contributed by atoms with Crippen LogP contribution in [0.3, 0.4) is 0 Å². The molecule has 1 aliphatic rings. The van der Waals surface area contributed by atoms with Crippen LogP contribution in [0.25, 0.3) is 0 Å². The summed E-state index contributed by atoms with van der Waals surface area (Å²) in [6.45, 7) is 0.688. The minimum atomic E-state index is -0.550. The molecule has 0 unspecified atom stereocenters. The first-order valence-electron chi connectivity index (χ1n) is 10.1. The standard InChI is InChI=1S/C22H19F2N5O3S/c23-14-4-6-16(7-5-14)25-19(31)20-27-28-21(33-20)22(32)29-10-8-13(9-11-29)18(30)26-17-3-1-2-15(24)12-17/h1-7,12-13H,8-11H2,(H,25,31)(H,26,30). The quantitative estimate of drug-likeness (QED) is 0.592. The number of hydrogen-bond donors (Lipinski definition) is 2. The fourth-order valence-electron chi connectivity index (χ4n) is 3.41. The maximum Gasteiger partial charge on any atom is 0.286 e. The molecule has 0 saturated carbocycles. The van der Waals surface area contributed by atoms with Crippen LogP contribution in [0, 0.1) is 17.6 Å². The number of piperidine rings is 1. The van der Waals surface area contributed by atoms with E-state index >= 15 is 0 Å². The Balaban J connectivity index is 1.30. The molecule has 0 spiro atoms. The first kappa shape index (κ1) is 22.5. The Morgan fingerprint density at radius 3 is 2.27 bits per heavy atom. The highest BCUT2D eigenvalue weighted by molar-refractivity contribution is 7.15. The van der Waals surface area contributed by atoms with Crippen molar-refractivity contribution in [3.05, 3.63) is 70.2 Å². The third kappa shape index (κ3) is 5.55. The van der Waals surface area contributed by atoms with Gasteiger partial charge in [-0.2, -0.15) is 0 Å². The summed E-state index contributed by atoms with van der Waals surface area (Å²) in [5.74, 6) is -2.29. The number of anilines is 2. The Morgan fingerprint density at radius 2 is 1.58 bits per heavy atom. The van der Waals surface area contributed by atoms with Crippen LogP contribution in [-0.4, -0.2) is 45.9 Å². The van der Waals surface area contributed by atoms with Gasteiger partial charge in [-0.05, 0) is 55.3 Å². The molecular formula is C22H19F2N5O3S. The molecule has 8 nitrogen and oxygen atoms in total. The van der Waals surface area contributed by atoms with Crippen LogP contribution in [0.1, 0.15) is 32.4 Å². The molecule has 0 radical (unpaired) electrons. The van der Waals surface area contributed by atoms with Crippen LogP contribution in [0.4, 0.5) is 20.2 Å². The van der Waals surface area contributed by atoms with Crippen molar-refractivity contribution in [1.29, 1.82) is 0 Å². The third-order valence-electron chi connectivity index (χ3n) is 5.15. The van der Waals surface area contributed by atoms with E-state index in [1.165, 1.54) is 42.5 Å². The Labute approximate surface area is 191 Å². The molecule has 1 aromatic heterocycles. The Bertz CT molecular complexity index is 1180. The zero-order valence-electron chi connectivity index (χ0n) is 17.3. The molecule has 2 N–H and O–H groups in total. The summed E-state index contributed by atoms with van der Waals surface area (Å²) in [7, 11) is 0. The smallest absolute Gasteiger partial charge is 0.286 e. The van der Waals surface area contributed by atoms with Crippen LogP contribution < -0.4 is 10.6 Å². The van der Waals surface area contributed by atoms with Crippen LogP contribution >= 0.6 is 11.3 Å². The van der Waals surface area contributed by atoms with Crippen molar-refractivity contribution in [2.45, 2.75) is 12.8 Å². The largest absolute Gasteiger partial charge is 0.336 e. The highest BCUT2D eigenvalue weighted by atomic mass is 32.1. The molecule has 3 aromatic rings. The number of carbonyl (C=O) groups is 3. The monoisotopic (exact) mass is 471 g/mol. The van der Waals surface area contributed by atoms with E-state index in [0.29, 0.717) is 37.3 Å². The molecule has 0 atom stereocenters.